The number of anilines is 2. The first kappa shape index (κ1) is 15.8. The van der Waals surface area contributed by atoms with Gasteiger partial charge < -0.3 is 15.5 Å². The van der Waals surface area contributed by atoms with E-state index in [1.54, 1.807) is 0 Å². The van der Waals surface area contributed by atoms with E-state index in [2.05, 4.69) is 47.3 Å². The van der Waals surface area contributed by atoms with Crippen molar-refractivity contribution in [3.63, 3.8) is 0 Å². The quantitative estimate of drug-likeness (QED) is 0.853. The Labute approximate surface area is 131 Å². The number of aromatic nitrogens is 1. The van der Waals surface area contributed by atoms with Gasteiger partial charge in [-0.1, -0.05) is 30.3 Å². The second-order valence-corrected chi connectivity index (χ2v) is 6.10. The summed E-state index contributed by atoms with van der Waals surface area (Å²) in [6.45, 7) is 5.26. The highest BCUT2D eigenvalue weighted by molar-refractivity contribution is 7.11. The molecule has 0 spiro atoms. The van der Waals surface area contributed by atoms with Gasteiger partial charge in [-0.15, -0.1) is 0 Å². The minimum Gasteiger partial charge on any atom is -0.382 e. The Bertz CT molecular complexity index is 551. The average molecular weight is 304 g/mol. The molecule has 1 aromatic heterocycles. The summed E-state index contributed by atoms with van der Waals surface area (Å²) in [6.07, 6.45) is 1.13. The van der Waals surface area contributed by atoms with Gasteiger partial charge >= 0.3 is 0 Å². The SMILES string of the molecule is CCN(CCCN(C)C)c1snc(N)c1-c1ccccc1. The summed E-state index contributed by atoms with van der Waals surface area (Å²) in [5.41, 5.74) is 8.33. The van der Waals surface area contributed by atoms with Crippen molar-refractivity contribution in [3.05, 3.63) is 30.3 Å². The van der Waals surface area contributed by atoms with E-state index in [0.29, 0.717) is 5.82 Å². The molecule has 0 bridgehead atoms. The lowest BCUT2D eigenvalue weighted by Gasteiger charge is -2.23. The number of rotatable bonds is 7. The molecule has 0 fully saturated rings. The fourth-order valence-corrected chi connectivity index (χ4v) is 3.29. The van der Waals surface area contributed by atoms with Crippen molar-refractivity contribution in [2.24, 2.45) is 0 Å². The van der Waals surface area contributed by atoms with Crippen molar-refractivity contribution in [3.8, 4) is 11.1 Å². The molecule has 0 aliphatic carbocycles. The molecular weight excluding hydrogens is 280 g/mol. The van der Waals surface area contributed by atoms with Gasteiger partial charge in [0.25, 0.3) is 0 Å². The van der Waals surface area contributed by atoms with Crippen LogP contribution in [-0.4, -0.2) is 43.0 Å². The Morgan fingerprint density at radius 1 is 1.14 bits per heavy atom. The number of nitrogens with zero attached hydrogens (tertiary/aromatic N) is 3. The zero-order valence-electron chi connectivity index (χ0n) is 13.0. The van der Waals surface area contributed by atoms with Crippen LogP contribution in [0.4, 0.5) is 10.8 Å². The maximum atomic E-state index is 6.11. The summed E-state index contributed by atoms with van der Waals surface area (Å²) in [5.74, 6) is 0.632. The first-order valence-corrected chi connectivity index (χ1v) is 8.11. The largest absolute Gasteiger partial charge is 0.382 e. The number of nitrogen functional groups attached to an aromatic ring is 1. The van der Waals surface area contributed by atoms with Crippen LogP contribution in [0, 0.1) is 0 Å². The monoisotopic (exact) mass is 304 g/mol. The molecular formula is C16H24N4S. The predicted molar refractivity (Wildman–Crippen MR) is 93.0 cm³/mol. The van der Waals surface area contributed by atoms with E-state index in [9.17, 15) is 0 Å². The van der Waals surface area contributed by atoms with Gasteiger partial charge in [-0.2, -0.15) is 4.37 Å². The Morgan fingerprint density at radius 3 is 2.48 bits per heavy atom. The average Bonchev–Trinajstić information content (AvgIpc) is 2.86. The maximum absolute atomic E-state index is 6.11. The normalized spacial score (nSPS) is 11.0. The van der Waals surface area contributed by atoms with Crippen LogP contribution in [0.2, 0.25) is 0 Å². The topological polar surface area (TPSA) is 45.4 Å². The van der Waals surface area contributed by atoms with Crippen LogP contribution in [0.1, 0.15) is 13.3 Å². The van der Waals surface area contributed by atoms with Crippen molar-refractivity contribution < 1.29 is 0 Å². The third-order valence-corrected chi connectivity index (χ3v) is 4.39. The van der Waals surface area contributed by atoms with Crippen LogP contribution < -0.4 is 10.6 Å². The molecule has 2 aromatic rings. The molecule has 2 N–H and O–H groups in total. The van der Waals surface area contributed by atoms with E-state index < -0.39 is 0 Å². The van der Waals surface area contributed by atoms with Crippen molar-refractivity contribution in [2.45, 2.75) is 13.3 Å². The summed E-state index contributed by atoms with van der Waals surface area (Å²) in [7, 11) is 4.22. The van der Waals surface area contributed by atoms with E-state index in [1.807, 2.05) is 18.2 Å². The molecule has 0 amide bonds. The summed E-state index contributed by atoms with van der Waals surface area (Å²) in [4.78, 5) is 4.59. The zero-order chi connectivity index (χ0) is 15.2. The number of hydrogen-bond donors (Lipinski definition) is 1. The lowest BCUT2D eigenvalue weighted by Crippen LogP contribution is -2.26. The molecule has 5 heteroatoms. The van der Waals surface area contributed by atoms with Gasteiger partial charge in [0.05, 0.1) is 5.56 Å². The summed E-state index contributed by atoms with van der Waals surface area (Å²) in [6, 6.07) is 10.3. The van der Waals surface area contributed by atoms with E-state index >= 15 is 0 Å². The number of hydrogen-bond acceptors (Lipinski definition) is 5. The van der Waals surface area contributed by atoms with E-state index in [0.717, 1.165) is 37.2 Å². The molecule has 0 atom stereocenters. The van der Waals surface area contributed by atoms with Crippen LogP contribution in [0.25, 0.3) is 11.1 Å². The second-order valence-electron chi connectivity index (χ2n) is 5.35. The third-order valence-electron chi connectivity index (χ3n) is 3.47. The Hall–Kier alpha value is -1.59. The first-order chi connectivity index (χ1) is 10.1. The van der Waals surface area contributed by atoms with Crippen molar-refractivity contribution in [1.82, 2.24) is 9.27 Å². The summed E-state index contributed by atoms with van der Waals surface area (Å²) in [5, 5.41) is 1.18. The molecule has 1 heterocycles. The molecule has 0 radical (unpaired) electrons. The Kier molecular flexibility index (Phi) is 5.59. The van der Waals surface area contributed by atoms with Gasteiger partial charge in [-0.05, 0) is 51.1 Å². The van der Waals surface area contributed by atoms with Gasteiger partial charge in [0, 0.05) is 13.1 Å². The minimum atomic E-state index is 0.632. The number of nitrogens with two attached hydrogens (primary N) is 1. The predicted octanol–water partition coefficient (Wildman–Crippen LogP) is 3.17. The first-order valence-electron chi connectivity index (χ1n) is 7.33. The molecule has 0 unspecified atom stereocenters. The van der Waals surface area contributed by atoms with Crippen LogP contribution in [0.3, 0.4) is 0 Å². The highest BCUT2D eigenvalue weighted by atomic mass is 32.1. The van der Waals surface area contributed by atoms with E-state index in [-0.39, 0.29) is 0 Å². The third kappa shape index (κ3) is 3.95. The maximum Gasteiger partial charge on any atom is 0.147 e. The fourth-order valence-electron chi connectivity index (χ4n) is 2.37. The lowest BCUT2D eigenvalue weighted by molar-refractivity contribution is 0.401. The van der Waals surface area contributed by atoms with Gasteiger partial charge in [-0.25, -0.2) is 0 Å². The molecule has 4 nitrogen and oxygen atoms in total. The molecule has 0 saturated heterocycles. The highest BCUT2D eigenvalue weighted by Crippen LogP contribution is 2.39. The van der Waals surface area contributed by atoms with Crippen LogP contribution in [0.5, 0.6) is 0 Å². The van der Waals surface area contributed by atoms with E-state index in [1.165, 1.54) is 16.5 Å². The fraction of sp³-hybridized carbons (Fsp3) is 0.438. The molecule has 114 valence electrons. The van der Waals surface area contributed by atoms with Gasteiger partial charge in [0.2, 0.25) is 0 Å². The van der Waals surface area contributed by atoms with Crippen molar-refractivity contribution in [1.29, 1.82) is 0 Å². The second kappa shape index (κ2) is 7.43. The molecule has 21 heavy (non-hydrogen) atoms. The Balaban J connectivity index is 2.22. The van der Waals surface area contributed by atoms with E-state index in [4.69, 9.17) is 5.73 Å². The Morgan fingerprint density at radius 2 is 1.86 bits per heavy atom. The molecule has 1 aromatic carbocycles. The van der Waals surface area contributed by atoms with Crippen LogP contribution >= 0.6 is 11.5 Å². The van der Waals surface area contributed by atoms with Gasteiger partial charge in [0.1, 0.15) is 10.8 Å². The number of benzene rings is 1. The van der Waals surface area contributed by atoms with Crippen LogP contribution in [0.15, 0.2) is 30.3 Å². The minimum absolute atomic E-state index is 0.632. The van der Waals surface area contributed by atoms with Crippen LogP contribution in [-0.2, 0) is 0 Å². The molecule has 0 saturated carbocycles. The smallest absolute Gasteiger partial charge is 0.147 e. The van der Waals surface area contributed by atoms with Gasteiger partial charge in [-0.3, -0.25) is 0 Å². The summed E-state index contributed by atoms with van der Waals surface area (Å²) < 4.78 is 4.37. The zero-order valence-corrected chi connectivity index (χ0v) is 13.9. The molecule has 0 aliphatic heterocycles. The highest BCUT2D eigenvalue weighted by Gasteiger charge is 2.18. The van der Waals surface area contributed by atoms with Gasteiger partial charge in [0.15, 0.2) is 0 Å². The lowest BCUT2D eigenvalue weighted by atomic mass is 10.1. The molecule has 2 rings (SSSR count). The summed E-state index contributed by atoms with van der Waals surface area (Å²) >= 11 is 1.50. The van der Waals surface area contributed by atoms with Crippen molar-refractivity contribution >= 4 is 22.4 Å². The molecule has 0 aliphatic rings. The standard InChI is InChI=1S/C16H24N4S/c1-4-20(12-8-11-19(2)3)16-14(15(17)18-21-16)13-9-6-5-7-10-13/h5-7,9-10H,4,8,11-12H2,1-3H3,(H2,17,18). The van der Waals surface area contributed by atoms with Crippen molar-refractivity contribution in [2.75, 3.05) is 44.4 Å².